The molecule has 2 aromatic rings. The first-order valence-corrected chi connectivity index (χ1v) is 12.4. The van der Waals surface area contributed by atoms with Crippen molar-refractivity contribution in [1.82, 2.24) is 0 Å². The fourth-order valence-electron chi connectivity index (χ4n) is 6.35. The molecule has 2 aromatic carbocycles. The van der Waals surface area contributed by atoms with E-state index in [0.717, 1.165) is 0 Å². The number of ether oxygens (including phenoxy) is 2. The standard InChI is InChI=1S/C28H26N2O9/c1-30(2)16-9-14(11-3-4-18-19(7-11)39-10-38-18)23(32)21-15(16)6-12-5-13-8-17(31)22(27(29)36)26(35)28(13,37)25(34)20(12)24(21)33/h3-4,7,9,12-13,31-32,34,37H,5-6,8,10H2,1-2H3,(H2,29,36)/t12-,13+,28+/m1/s1. The number of hydrogen-bond acceptors (Lipinski definition) is 10. The van der Waals surface area contributed by atoms with Gasteiger partial charge in [-0.15, -0.1) is 0 Å². The molecular weight excluding hydrogens is 508 g/mol. The highest BCUT2D eigenvalue weighted by Gasteiger charge is 2.59. The Balaban J connectivity index is 1.54. The maximum atomic E-state index is 14.0. The molecule has 3 atom stereocenters. The van der Waals surface area contributed by atoms with E-state index >= 15 is 0 Å². The lowest BCUT2D eigenvalue weighted by molar-refractivity contribution is -0.144. The van der Waals surface area contributed by atoms with Gasteiger partial charge in [0.1, 0.15) is 22.8 Å². The predicted molar refractivity (Wildman–Crippen MR) is 137 cm³/mol. The van der Waals surface area contributed by atoms with Gasteiger partial charge in [0.15, 0.2) is 22.9 Å². The van der Waals surface area contributed by atoms with E-state index in [1.54, 1.807) is 38.4 Å². The number of carbonyl (C=O) groups is 3. The number of aliphatic hydroxyl groups excluding tert-OH is 2. The Hall–Kier alpha value is -4.51. The summed E-state index contributed by atoms with van der Waals surface area (Å²) in [7, 11) is 3.61. The van der Waals surface area contributed by atoms with Gasteiger partial charge in [-0.3, -0.25) is 14.4 Å². The number of anilines is 1. The first-order valence-electron chi connectivity index (χ1n) is 12.4. The van der Waals surface area contributed by atoms with Gasteiger partial charge in [-0.05, 0) is 48.1 Å². The number of nitrogens with two attached hydrogens (primary N) is 1. The summed E-state index contributed by atoms with van der Waals surface area (Å²) in [5.74, 6) is -5.55. The van der Waals surface area contributed by atoms with E-state index in [9.17, 15) is 34.8 Å². The van der Waals surface area contributed by atoms with Gasteiger partial charge >= 0.3 is 0 Å². The lowest BCUT2D eigenvalue weighted by Gasteiger charge is -2.46. The van der Waals surface area contributed by atoms with Crippen molar-refractivity contribution in [3.63, 3.8) is 0 Å². The van der Waals surface area contributed by atoms with E-state index < -0.39 is 52.0 Å². The fraction of sp³-hybridized carbons (Fsp3) is 0.321. The molecule has 0 saturated heterocycles. The Morgan fingerprint density at radius 3 is 2.49 bits per heavy atom. The van der Waals surface area contributed by atoms with Crippen molar-refractivity contribution < 1.29 is 44.3 Å². The number of amides is 1. The number of hydrogen-bond donors (Lipinski definition) is 5. The van der Waals surface area contributed by atoms with Crippen LogP contribution >= 0.6 is 0 Å². The van der Waals surface area contributed by atoms with E-state index in [1.165, 1.54) is 0 Å². The summed E-state index contributed by atoms with van der Waals surface area (Å²) in [6.45, 7) is 0.0677. The van der Waals surface area contributed by atoms with Crippen LogP contribution in [0.1, 0.15) is 28.8 Å². The monoisotopic (exact) mass is 534 g/mol. The predicted octanol–water partition coefficient (Wildman–Crippen LogP) is 2.04. The molecule has 39 heavy (non-hydrogen) atoms. The van der Waals surface area contributed by atoms with E-state index in [1.807, 2.05) is 4.90 Å². The first kappa shape index (κ1) is 24.8. The van der Waals surface area contributed by atoms with Gasteiger partial charge < -0.3 is 40.5 Å². The maximum Gasteiger partial charge on any atom is 0.255 e. The molecule has 6 rings (SSSR count). The van der Waals surface area contributed by atoms with Crippen LogP contribution in [0.5, 0.6) is 17.2 Å². The van der Waals surface area contributed by atoms with E-state index in [-0.39, 0.29) is 42.9 Å². The fourth-order valence-corrected chi connectivity index (χ4v) is 6.35. The van der Waals surface area contributed by atoms with Gasteiger partial charge in [0.25, 0.3) is 5.91 Å². The van der Waals surface area contributed by atoms with Crippen LogP contribution in [0.4, 0.5) is 5.69 Å². The molecule has 0 spiro atoms. The molecule has 1 amide bonds. The molecule has 1 heterocycles. The number of nitrogens with zero attached hydrogens (tertiary/aromatic N) is 1. The Kier molecular flexibility index (Phi) is 5.24. The number of rotatable bonds is 3. The first-order chi connectivity index (χ1) is 18.4. The number of benzene rings is 2. The number of allylic oxidation sites excluding steroid dienone is 2. The van der Waals surface area contributed by atoms with Crippen LogP contribution in [-0.2, 0) is 16.0 Å². The molecule has 0 bridgehead atoms. The Morgan fingerprint density at radius 2 is 1.79 bits per heavy atom. The minimum absolute atomic E-state index is 0.0505. The van der Waals surface area contributed by atoms with E-state index in [4.69, 9.17) is 15.2 Å². The van der Waals surface area contributed by atoms with Gasteiger partial charge in [-0.1, -0.05) is 6.07 Å². The lowest BCUT2D eigenvalue weighted by atomic mass is 9.60. The summed E-state index contributed by atoms with van der Waals surface area (Å²) in [6.07, 6.45) is 0.0155. The van der Waals surface area contributed by atoms with Crippen molar-refractivity contribution in [1.29, 1.82) is 0 Å². The molecule has 11 heteroatoms. The smallest absolute Gasteiger partial charge is 0.255 e. The van der Waals surface area contributed by atoms with Crippen molar-refractivity contribution in [2.45, 2.75) is 24.9 Å². The average Bonchev–Trinajstić information content (AvgIpc) is 3.34. The molecule has 0 fully saturated rings. The van der Waals surface area contributed by atoms with Gasteiger partial charge in [0.2, 0.25) is 12.6 Å². The number of phenols is 1. The molecular formula is C28H26N2O9. The number of primary amides is 1. The van der Waals surface area contributed by atoms with E-state index in [0.29, 0.717) is 33.9 Å². The average molecular weight is 535 g/mol. The largest absolute Gasteiger partial charge is 0.511 e. The van der Waals surface area contributed by atoms with E-state index in [2.05, 4.69) is 0 Å². The molecule has 0 radical (unpaired) electrons. The number of phenolic OH excluding ortho intramolecular Hbond substituents is 1. The Bertz CT molecular complexity index is 1570. The number of ketones is 2. The molecule has 0 aromatic heterocycles. The van der Waals surface area contributed by atoms with Crippen LogP contribution in [0.2, 0.25) is 0 Å². The Labute approximate surface area is 222 Å². The second kappa shape index (κ2) is 8.24. The molecule has 11 nitrogen and oxygen atoms in total. The summed E-state index contributed by atoms with van der Waals surface area (Å²) in [4.78, 5) is 40.8. The van der Waals surface area contributed by atoms with Gasteiger partial charge in [-0.2, -0.15) is 0 Å². The molecule has 0 unspecified atom stereocenters. The van der Waals surface area contributed by atoms with Gasteiger partial charge in [-0.25, -0.2) is 0 Å². The van der Waals surface area contributed by atoms with Crippen LogP contribution in [-0.4, -0.2) is 64.4 Å². The van der Waals surface area contributed by atoms with Crippen LogP contribution in [0, 0.1) is 11.8 Å². The highest BCUT2D eigenvalue weighted by molar-refractivity contribution is 6.24. The number of carbonyl (C=O) groups excluding carboxylic acids is 3. The highest BCUT2D eigenvalue weighted by Crippen LogP contribution is 2.53. The normalized spacial score (nSPS) is 25.3. The van der Waals surface area contributed by atoms with Gasteiger partial charge in [0, 0.05) is 43.3 Å². The van der Waals surface area contributed by atoms with Crippen molar-refractivity contribution in [2.75, 3.05) is 25.8 Å². The zero-order chi connectivity index (χ0) is 28.0. The summed E-state index contributed by atoms with van der Waals surface area (Å²) in [5.41, 5.74) is 3.72. The second-order valence-electron chi connectivity index (χ2n) is 10.5. The Morgan fingerprint density at radius 1 is 1.08 bits per heavy atom. The molecule has 3 aliphatic carbocycles. The zero-order valence-electron chi connectivity index (χ0n) is 21.1. The number of aliphatic hydroxyl groups is 3. The minimum atomic E-state index is -2.61. The summed E-state index contributed by atoms with van der Waals surface area (Å²) in [6, 6.07) is 6.88. The highest BCUT2D eigenvalue weighted by atomic mass is 16.7. The van der Waals surface area contributed by atoms with Crippen LogP contribution in [0.25, 0.3) is 11.1 Å². The topological polar surface area (TPSA) is 180 Å². The minimum Gasteiger partial charge on any atom is -0.511 e. The number of aromatic hydroxyl groups is 1. The second-order valence-corrected chi connectivity index (χ2v) is 10.5. The third kappa shape index (κ3) is 3.29. The third-order valence-corrected chi connectivity index (χ3v) is 8.20. The number of Topliss-reactive ketones (excluding diaryl/α,β-unsaturated/α-hetero) is 2. The third-order valence-electron chi connectivity index (χ3n) is 8.20. The van der Waals surface area contributed by atoms with Crippen molar-refractivity contribution in [2.24, 2.45) is 17.6 Å². The zero-order valence-corrected chi connectivity index (χ0v) is 21.1. The molecule has 202 valence electrons. The van der Waals surface area contributed by atoms with Gasteiger partial charge in [0.05, 0.1) is 5.56 Å². The molecule has 4 aliphatic rings. The summed E-state index contributed by atoms with van der Waals surface area (Å²) in [5, 5.41) is 44.5. The summed E-state index contributed by atoms with van der Waals surface area (Å²) >= 11 is 0. The van der Waals surface area contributed by atoms with Crippen LogP contribution in [0.3, 0.4) is 0 Å². The molecule has 1 aliphatic heterocycles. The van der Waals surface area contributed by atoms with Crippen molar-refractivity contribution >= 4 is 23.2 Å². The number of fused-ring (bicyclic) bond motifs is 4. The van der Waals surface area contributed by atoms with Crippen LogP contribution < -0.4 is 20.1 Å². The quantitative estimate of drug-likeness (QED) is 0.366. The van der Waals surface area contributed by atoms with Crippen molar-refractivity contribution in [3.8, 4) is 28.4 Å². The summed E-state index contributed by atoms with van der Waals surface area (Å²) < 4.78 is 10.8. The van der Waals surface area contributed by atoms with Crippen LogP contribution in [0.15, 0.2) is 46.9 Å². The molecule has 6 N–H and O–H groups in total. The maximum absolute atomic E-state index is 14.0. The molecule has 0 saturated carbocycles. The van der Waals surface area contributed by atoms with Crippen molar-refractivity contribution in [3.05, 3.63) is 58.1 Å². The lowest BCUT2D eigenvalue weighted by Crippen LogP contribution is -2.57. The SMILES string of the molecule is CN(C)c1cc(-c2ccc3c(c2)OCO3)c(O)c2c1C[C@H]1C[C@H]3CC(O)=C(C(N)=O)C(=O)[C@@]3(O)C(O)=C1C2=O.